The maximum Gasteiger partial charge on any atom is 0.0839 e. The summed E-state index contributed by atoms with van der Waals surface area (Å²) in [6.45, 7) is 5.07. The molecular weight excluding hydrogens is 234 g/mol. The molecule has 19 heavy (non-hydrogen) atoms. The van der Waals surface area contributed by atoms with E-state index in [1.165, 1.54) is 0 Å². The van der Waals surface area contributed by atoms with Gasteiger partial charge in [0.25, 0.3) is 0 Å². The van der Waals surface area contributed by atoms with Crippen LogP contribution in [0.25, 0.3) is 0 Å². The summed E-state index contributed by atoms with van der Waals surface area (Å²) in [5.41, 5.74) is 7.25. The van der Waals surface area contributed by atoms with Crippen LogP contribution in [-0.2, 0) is 0 Å². The highest BCUT2D eigenvalue weighted by molar-refractivity contribution is 5.25. The van der Waals surface area contributed by atoms with Crippen molar-refractivity contribution in [3.8, 4) is 6.07 Å². The second-order valence-corrected chi connectivity index (χ2v) is 5.47. The van der Waals surface area contributed by atoms with Crippen molar-refractivity contribution in [3.05, 3.63) is 35.9 Å². The summed E-state index contributed by atoms with van der Waals surface area (Å²) in [5, 5.41) is 9.38. The van der Waals surface area contributed by atoms with Crippen molar-refractivity contribution >= 4 is 0 Å². The molecule has 0 aromatic heterocycles. The van der Waals surface area contributed by atoms with Crippen molar-refractivity contribution in [2.24, 2.45) is 11.7 Å². The third-order valence-electron chi connectivity index (χ3n) is 4.20. The van der Waals surface area contributed by atoms with Crippen LogP contribution in [-0.4, -0.2) is 30.6 Å². The Bertz CT molecular complexity index is 423. The number of nitrogens with zero attached hydrogens (tertiary/aromatic N) is 2. The Hall–Kier alpha value is -1.37. The number of nitrogens with two attached hydrogens (primary N) is 1. The Morgan fingerprint density at radius 3 is 2.79 bits per heavy atom. The second-order valence-electron chi connectivity index (χ2n) is 5.47. The van der Waals surface area contributed by atoms with E-state index in [9.17, 15) is 5.26 Å². The maximum absolute atomic E-state index is 9.38. The van der Waals surface area contributed by atoms with Gasteiger partial charge in [0.2, 0.25) is 0 Å². The highest BCUT2D eigenvalue weighted by Gasteiger charge is 2.26. The van der Waals surface area contributed by atoms with Gasteiger partial charge in [-0.05, 0) is 24.4 Å². The van der Waals surface area contributed by atoms with Gasteiger partial charge in [-0.15, -0.1) is 0 Å². The molecule has 3 unspecified atom stereocenters. The number of hydrogen-bond donors (Lipinski definition) is 1. The first-order chi connectivity index (χ1) is 9.24. The van der Waals surface area contributed by atoms with Crippen molar-refractivity contribution in [3.63, 3.8) is 0 Å². The summed E-state index contributed by atoms with van der Waals surface area (Å²) in [6, 6.07) is 12.8. The van der Waals surface area contributed by atoms with E-state index in [-0.39, 0.29) is 5.92 Å². The number of piperidine rings is 1. The second kappa shape index (κ2) is 6.70. The lowest BCUT2D eigenvalue weighted by molar-refractivity contribution is 0.150. The summed E-state index contributed by atoms with van der Waals surface area (Å²) in [7, 11) is 0. The molecule has 1 fully saturated rings. The molecule has 2 N–H and O–H groups in total. The molecule has 102 valence electrons. The number of rotatable bonds is 4. The Kier molecular flexibility index (Phi) is 4.95. The predicted molar refractivity (Wildman–Crippen MR) is 77.6 cm³/mol. The lowest BCUT2D eigenvalue weighted by Gasteiger charge is -2.37. The van der Waals surface area contributed by atoms with Crippen LogP contribution >= 0.6 is 0 Å². The molecule has 0 amide bonds. The summed E-state index contributed by atoms with van der Waals surface area (Å²) in [6.07, 6.45) is 2.17. The van der Waals surface area contributed by atoms with E-state index in [1.54, 1.807) is 0 Å². The monoisotopic (exact) mass is 257 g/mol. The Morgan fingerprint density at radius 1 is 1.42 bits per heavy atom. The first-order valence-corrected chi connectivity index (χ1v) is 7.17. The SMILES string of the molecule is CCC1CN(CC(C#N)c2ccccc2)CCC1N. The zero-order chi connectivity index (χ0) is 13.7. The van der Waals surface area contributed by atoms with Gasteiger partial charge in [-0.25, -0.2) is 0 Å². The average Bonchev–Trinajstić information content (AvgIpc) is 2.47. The zero-order valence-corrected chi connectivity index (χ0v) is 11.6. The fourth-order valence-corrected chi connectivity index (χ4v) is 2.89. The Morgan fingerprint density at radius 2 is 2.16 bits per heavy atom. The number of likely N-dealkylation sites (tertiary alicyclic amines) is 1. The van der Waals surface area contributed by atoms with E-state index in [1.807, 2.05) is 30.3 Å². The van der Waals surface area contributed by atoms with E-state index in [0.29, 0.717) is 12.0 Å². The van der Waals surface area contributed by atoms with Crippen LogP contribution < -0.4 is 5.73 Å². The van der Waals surface area contributed by atoms with Gasteiger partial charge in [0.1, 0.15) is 0 Å². The van der Waals surface area contributed by atoms with Crippen LogP contribution in [0, 0.1) is 17.2 Å². The Balaban J connectivity index is 1.98. The van der Waals surface area contributed by atoms with Crippen molar-refractivity contribution in [2.75, 3.05) is 19.6 Å². The topological polar surface area (TPSA) is 53.0 Å². The minimum absolute atomic E-state index is 0.0342. The lowest BCUT2D eigenvalue weighted by Crippen LogP contribution is -2.47. The third-order valence-corrected chi connectivity index (χ3v) is 4.20. The molecule has 0 aliphatic carbocycles. The number of nitriles is 1. The minimum atomic E-state index is -0.0342. The van der Waals surface area contributed by atoms with E-state index in [2.05, 4.69) is 17.9 Å². The maximum atomic E-state index is 9.38. The number of benzene rings is 1. The molecule has 1 aromatic rings. The van der Waals surface area contributed by atoms with E-state index in [4.69, 9.17) is 5.73 Å². The van der Waals surface area contributed by atoms with Gasteiger partial charge in [0.15, 0.2) is 0 Å². The largest absolute Gasteiger partial charge is 0.327 e. The molecule has 0 saturated carbocycles. The van der Waals surface area contributed by atoms with Crippen molar-refractivity contribution in [2.45, 2.75) is 31.7 Å². The molecule has 1 aromatic carbocycles. The van der Waals surface area contributed by atoms with Crippen LogP contribution in [0.3, 0.4) is 0 Å². The quantitative estimate of drug-likeness (QED) is 0.901. The van der Waals surface area contributed by atoms with Crippen LogP contribution in [0.4, 0.5) is 0 Å². The first-order valence-electron chi connectivity index (χ1n) is 7.17. The van der Waals surface area contributed by atoms with Gasteiger partial charge in [0.05, 0.1) is 12.0 Å². The van der Waals surface area contributed by atoms with Crippen molar-refractivity contribution < 1.29 is 0 Å². The molecule has 3 nitrogen and oxygen atoms in total. The van der Waals surface area contributed by atoms with Gasteiger partial charge in [0, 0.05) is 19.1 Å². The van der Waals surface area contributed by atoms with Crippen LogP contribution in [0.1, 0.15) is 31.2 Å². The minimum Gasteiger partial charge on any atom is -0.327 e. The fourth-order valence-electron chi connectivity index (χ4n) is 2.89. The van der Waals surface area contributed by atoms with Crippen molar-refractivity contribution in [1.29, 1.82) is 5.26 Å². The fraction of sp³-hybridized carbons (Fsp3) is 0.562. The van der Waals surface area contributed by atoms with Crippen molar-refractivity contribution in [1.82, 2.24) is 4.90 Å². The first kappa shape index (κ1) is 14.0. The zero-order valence-electron chi connectivity index (χ0n) is 11.6. The predicted octanol–water partition coefficient (Wildman–Crippen LogP) is 2.35. The molecule has 1 aliphatic heterocycles. The molecule has 0 bridgehead atoms. The van der Waals surface area contributed by atoms with Gasteiger partial charge in [-0.3, -0.25) is 0 Å². The molecule has 3 heteroatoms. The van der Waals surface area contributed by atoms with Crippen LogP contribution in [0.2, 0.25) is 0 Å². The van der Waals surface area contributed by atoms with Gasteiger partial charge in [-0.2, -0.15) is 5.26 Å². The number of hydrogen-bond acceptors (Lipinski definition) is 3. The highest BCUT2D eigenvalue weighted by atomic mass is 15.1. The molecule has 3 atom stereocenters. The van der Waals surface area contributed by atoms with Crippen LogP contribution in [0.5, 0.6) is 0 Å². The highest BCUT2D eigenvalue weighted by Crippen LogP contribution is 2.22. The molecule has 1 heterocycles. The Labute approximate surface area is 116 Å². The lowest BCUT2D eigenvalue weighted by atomic mass is 9.89. The average molecular weight is 257 g/mol. The molecular formula is C16H23N3. The van der Waals surface area contributed by atoms with E-state index in [0.717, 1.165) is 38.0 Å². The summed E-state index contributed by atoms with van der Waals surface area (Å²) in [4.78, 5) is 2.40. The summed E-state index contributed by atoms with van der Waals surface area (Å²) in [5.74, 6) is 0.539. The standard InChI is InChI=1S/C16H23N3/c1-2-13-11-19(9-8-16(13)18)12-15(10-17)14-6-4-3-5-7-14/h3-7,13,15-16H,2,8-9,11-12,18H2,1H3. The third kappa shape index (κ3) is 3.56. The summed E-state index contributed by atoms with van der Waals surface area (Å²) >= 11 is 0. The molecule has 0 spiro atoms. The van der Waals surface area contributed by atoms with Gasteiger partial charge >= 0.3 is 0 Å². The van der Waals surface area contributed by atoms with E-state index >= 15 is 0 Å². The van der Waals surface area contributed by atoms with E-state index < -0.39 is 0 Å². The normalized spacial score (nSPS) is 25.7. The molecule has 1 aliphatic rings. The molecule has 0 radical (unpaired) electrons. The molecule has 2 rings (SSSR count). The van der Waals surface area contributed by atoms with Crippen LogP contribution in [0.15, 0.2) is 30.3 Å². The van der Waals surface area contributed by atoms with Gasteiger partial charge < -0.3 is 10.6 Å². The summed E-state index contributed by atoms with van der Waals surface area (Å²) < 4.78 is 0. The van der Waals surface area contributed by atoms with Gasteiger partial charge in [-0.1, -0.05) is 43.7 Å². The molecule has 1 saturated heterocycles. The smallest absolute Gasteiger partial charge is 0.0839 e.